The molecular weight excluding hydrogens is 261 g/mol. The number of hydrogen-bond acceptors (Lipinski definition) is 4. The van der Waals surface area contributed by atoms with Crippen LogP contribution in [-0.4, -0.2) is 26.7 Å². The summed E-state index contributed by atoms with van der Waals surface area (Å²) in [6.07, 6.45) is 5.46. The zero-order chi connectivity index (χ0) is 14.3. The highest BCUT2D eigenvalue weighted by Gasteiger charge is 2.30. The predicted molar refractivity (Wildman–Crippen MR) is 63.8 cm³/mol. The molecule has 0 bridgehead atoms. The van der Waals surface area contributed by atoms with Gasteiger partial charge in [-0.3, -0.25) is 9.59 Å². The Morgan fingerprint density at radius 3 is 2.22 bits per heavy atom. The Kier molecular flexibility index (Phi) is 6.72. The summed E-state index contributed by atoms with van der Waals surface area (Å²) >= 11 is 0. The molecule has 0 aliphatic rings. The molecule has 0 aliphatic heterocycles. The number of carbonyl (C=O) groups is 2. The first-order valence-corrected chi connectivity index (χ1v) is 6.64. The van der Waals surface area contributed by atoms with Crippen molar-refractivity contribution >= 4 is 19.6 Å². The minimum absolute atomic E-state index is 0.0748. The topological polar surface area (TPSA) is 104 Å². The van der Waals surface area contributed by atoms with Gasteiger partial charge in [-0.05, 0) is 6.92 Å². The summed E-state index contributed by atoms with van der Waals surface area (Å²) in [5.74, 6) is -2.45. The van der Waals surface area contributed by atoms with Gasteiger partial charge in [0.2, 0.25) is 0 Å². The van der Waals surface area contributed by atoms with Crippen LogP contribution in [0.1, 0.15) is 20.8 Å². The molecule has 0 unspecified atom stereocenters. The summed E-state index contributed by atoms with van der Waals surface area (Å²) in [6, 6.07) is 0. The highest BCUT2D eigenvalue weighted by molar-refractivity contribution is 7.46. The molecule has 0 fully saturated rings. The zero-order valence-corrected chi connectivity index (χ0v) is 11.2. The van der Waals surface area contributed by atoms with E-state index >= 15 is 0 Å². The van der Waals surface area contributed by atoms with Gasteiger partial charge in [0.25, 0.3) is 11.8 Å². The van der Waals surface area contributed by atoms with Gasteiger partial charge in [-0.2, -0.15) is 4.62 Å². The van der Waals surface area contributed by atoms with Crippen LogP contribution < -0.4 is 0 Å². The van der Waals surface area contributed by atoms with Crippen LogP contribution in [0.4, 0.5) is 0 Å². The van der Waals surface area contributed by atoms with E-state index in [1.165, 1.54) is 26.0 Å². The lowest BCUT2D eigenvalue weighted by Gasteiger charge is -2.19. The summed E-state index contributed by atoms with van der Waals surface area (Å²) in [5.41, 5.74) is 0. The van der Waals surface area contributed by atoms with Crippen molar-refractivity contribution in [2.24, 2.45) is 5.92 Å². The number of nitrogens with zero attached hydrogens (tertiary/aromatic N) is 1. The maximum absolute atomic E-state index is 11.6. The minimum atomic E-state index is -4.98. The summed E-state index contributed by atoms with van der Waals surface area (Å²) in [5, 5.41) is 0.0748. The Bertz CT molecular complexity index is 409. The third-order valence-electron chi connectivity index (χ3n) is 1.62. The van der Waals surface area contributed by atoms with Gasteiger partial charge in [-0.15, -0.1) is 5.06 Å². The van der Waals surface area contributed by atoms with E-state index in [-0.39, 0.29) is 5.06 Å². The number of phosphoric acid groups is 1. The fourth-order valence-corrected chi connectivity index (χ4v) is 1.22. The van der Waals surface area contributed by atoms with Crippen molar-refractivity contribution in [1.29, 1.82) is 0 Å². The first-order valence-electron chi connectivity index (χ1n) is 5.11. The van der Waals surface area contributed by atoms with Crippen molar-refractivity contribution in [1.82, 2.24) is 5.06 Å². The fraction of sp³-hybridized carbons (Fsp3) is 0.400. The maximum Gasteiger partial charge on any atom is 0.491 e. The van der Waals surface area contributed by atoms with E-state index in [1.807, 2.05) is 0 Å². The Labute approximate surface area is 105 Å². The van der Waals surface area contributed by atoms with Crippen LogP contribution in [-0.2, 0) is 18.8 Å². The van der Waals surface area contributed by atoms with Crippen LogP contribution >= 0.6 is 7.82 Å². The average Bonchev–Trinajstić information content (AvgIpc) is 2.23. The second-order valence-corrected chi connectivity index (χ2v) is 4.73. The van der Waals surface area contributed by atoms with Crippen LogP contribution in [0.3, 0.4) is 0 Å². The molecule has 0 saturated heterocycles. The standard InChI is InChI=1S/C10H16NO6P/c1-4-5-6-7-9(12)11(10(13)8(2)3)17-18(14,15)16/h4-8H,1-3H3,(H2,14,15,16). The van der Waals surface area contributed by atoms with Crippen LogP contribution in [0.15, 0.2) is 24.3 Å². The number of carbonyl (C=O) groups excluding carboxylic acids is 2. The quantitative estimate of drug-likeness (QED) is 0.338. The number of rotatable bonds is 5. The van der Waals surface area contributed by atoms with Crippen molar-refractivity contribution in [3.05, 3.63) is 24.3 Å². The molecule has 0 spiro atoms. The number of hydrogen-bond donors (Lipinski definition) is 2. The van der Waals surface area contributed by atoms with Crippen molar-refractivity contribution in [2.45, 2.75) is 20.8 Å². The lowest BCUT2D eigenvalue weighted by molar-refractivity contribution is -0.174. The molecule has 2 amide bonds. The molecular formula is C10H16NO6P. The van der Waals surface area contributed by atoms with Gasteiger partial charge >= 0.3 is 7.82 Å². The normalized spacial score (nSPS) is 12.6. The Balaban J connectivity index is 5.04. The van der Waals surface area contributed by atoms with E-state index in [2.05, 4.69) is 4.62 Å². The fourth-order valence-electron chi connectivity index (χ4n) is 0.847. The largest absolute Gasteiger partial charge is 0.491 e. The molecule has 0 aliphatic carbocycles. The van der Waals surface area contributed by atoms with Crippen LogP contribution in [0.5, 0.6) is 0 Å². The molecule has 0 aromatic rings. The van der Waals surface area contributed by atoms with Crippen molar-refractivity contribution in [3.63, 3.8) is 0 Å². The van der Waals surface area contributed by atoms with Gasteiger partial charge in [0.15, 0.2) is 0 Å². The number of allylic oxidation sites excluding steroid dienone is 3. The lowest BCUT2D eigenvalue weighted by Crippen LogP contribution is -2.37. The van der Waals surface area contributed by atoms with Crippen LogP contribution in [0.2, 0.25) is 0 Å². The summed E-state index contributed by atoms with van der Waals surface area (Å²) in [7, 11) is -4.98. The minimum Gasteiger partial charge on any atom is -0.301 e. The molecule has 7 nitrogen and oxygen atoms in total. The van der Waals surface area contributed by atoms with Gasteiger partial charge in [0, 0.05) is 12.0 Å². The van der Waals surface area contributed by atoms with Crippen molar-refractivity contribution < 1.29 is 28.6 Å². The van der Waals surface area contributed by atoms with Crippen LogP contribution in [0, 0.1) is 5.92 Å². The molecule has 8 heteroatoms. The highest BCUT2D eigenvalue weighted by Crippen LogP contribution is 2.37. The second-order valence-electron chi connectivity index (χ2n) is 3.58. The summed E-state index contributed by atoms with van der Waals surface area (Å²) in [4.78, 5) is 40.4. The Hall–Kier alpha value is -1.27. The third kappa shape index (κ3) is 6.46. The molecule has 2 N–H and O–H groups in total. The van der Waals surface area contributed by atoms with E-state index < -0.39 is 25.6 Å². The Morgan fingerprint density at radius 2 is 1.83 bits per heavy atom. The maximum atomic E-state index is 11.6. The molecule has 102 valence electrons. The van der Waals surface area contributed by atoms with Gasteiger partial charge < -0.3 is 9.79 Å². The molecule has 0 aromatic heterocycles. The van der Waals surface area contributed by atoms with Gasteiger partial charge in [0.1, 0.15) is 0 Å². The van der Waals surface area contributed by atoms with Gasteiger partial charge in [-0.1, -0.05) is 32.1 Å². The summed E-state index contributed by atoms with van der Waals surface area (Å²) < 4.78 is 14.8. The molecule has 0 radical (unpaired) electrons. The average molecular weight is 277 g/mol. The second kappa shape index (κ2) is 7.23. The van der Waals surface area contributed by atoms with Crippen molar-refractivity contribution in [3.8, 4) is 0 Å². The molecule has 18 heavy (non-hydrogen) atoms. The highest BCUT2D eigenvalue weighted by atomic mass is 31.2. The molecule has 0 heterocycles. The molecule has 0 saturated carbocycles. The van der Waals surface area contributed by atoms with E-state index in [0.29, 0.717) is 0 Å². The van der Waals surface area contributed by atoms with E-state index in [1.54, 1.807) is 13.0 Å². The molecule has 0 rings (SSSR count). The zero-order valence-electron chi connectivity index (χ0n) is 10.3. The number of imide groups is 1. The third-order valence-corrected chi connectivity index (χ3v) is 2.00. The van der Waals surface area contributed by atoms with E-state index in [9.17, 15) is 14.2 Å². The van der Waals surface area contributed by atoms with Crippen molar-refractivity contribution in [2.75, 3.05) is 0 Å². The number of hydroxylamine groups is 2. The number of amides is 2. The van der Waals surface area contributed by atoms with E-state index in [0.717, 1.165) is 6.08 Å². The first-order chi connectivity index (χ1) is 8.19. The summed E-state index contributed by atoms with van der Waals surface area (Å²) in [6.45, 7) is 4.67. The predicted octanol–water partition coefficient (Wildman–Crippen LogP) is 1.15. The SMILES string of the molecule is CC=CC=CC(=O)N(OP(=O)(O)O)C(=O)C(C)C. The smallest absolute Gasteiger partial charge is 0.301 e. The lowest BCUT2D eigenvalue weighted by atomic mass is 10.2. The van der Waals surface area contributed by atoms with Crippen LogP contribution in [0.25, 0.3) is 0 Å². The van der Waals surface area contributed by atoms with Gasteiger partial charge in [-0.25, -0.2) is 4.57 Å². The monoisotopic (exact) mass is 277 g/mol. The first kappa shape index (κ1) is 16.7. The van der Waals surface area contributed by atoms with Gasteiger partial charge in [0.05, 0.1) is 0 Å². The molecule has 0 aromatic carbocycles. The van der Waals surface area contributed by atoms with E-state index in [4.69, 9.17) is 9.79 Å². The molecule has 0 atom stereocenters. The Morgan fingerprint density at radius 1 is 1.28 bits per heavy atom.